The summed E-state index contributed by atoms with van der Waals surface area (Å²) < 4.78 is 0. The van der Waals surface area contributed by atoms with Gasteiger partial charge in [-0.25, -0.2) is 4.98 Å². The number of thiazole rings is 1. The molecule has 0 fully saturated rings. The van der Waals surface area contributed by atoms with Gasteiger partial charge in [0.1, 0.15) is 0 Å². The van der Waals surface area contributed by atoms with Crippen molar-refractivity contribution in [2.75, 3.05) is 18.4 Å². The lowest BCUT2D eigenvalue weighted by atomic mass is 9.87. The number of rotatable bonds is 4. The highest BCUT2D eigenvalue weighted by Crippen LogP contribution is 2.31. The zero-order valence-corrected chi connectivity index (χ0v) is 17.8. The fraction of sp³-hybridized carbons (Fsp3) is 0.333. The standard InChI is InChI=1S/C24H26N4S/c1-15-11-21(28-24-25-8-3-9-26-24)16(2)10-20(15)13-23-27-22(14-29-23)19-7-5-17-4-6-18(17)12-19/h5,7,10-12,14H,3-4,6,8-9,13H2,1-2H3,(H2,25,26,28). The molecule has 2 heterocycles. The first kappa shape index (κ1) is 18.4. The van der Waals surface area contributed by atoms with Crippen molar-refractivity contribution < 1.29 is 0 Å². The normalized spacial score (nSPS) is 15.2. The van der Waals surface area contributed by atoms with Gasteiger partial charge in [-0.3, -0.25) is 4.99 Å². The molecule has 2 N–H and O–H groups in total. The van der Waals surface area contributed by atoms with Crippen molar-refractivity contribution in [3.05, 3.63) is 68.5 Å². The van der Waals surface area contributed by atoms with E-state index in [1.165, 1.54) is 51.2 Å². The molecule has 0 bridgehead atoms. The van der Waals surface area contributed by atoms with Crippen LogP contribution in [-0.2, 0) is 19.3 Å². The molecule has 0 unspecified atom stereocenters. The van der Waals surface area contributed by atoms with Crippen molar-refractivity contribution in [3.8, 4) is 11.3 Å². The van der Waals surface area contributed by atoms with Crippen molar-refractivity contribution in [3.63, 3.8) is 0 Å². The van der Waals surface area contributed by atoms with Gasteiger partial charge < -0.3 is 10.6 Å². The van der Waals surface area contributed by atoms with Crippen LogP contribution in [0.2, 0.25) is 0 Å². The number of benzene rings is 2. The summed E-state index contributed by atoms with van der Waals surface area (Å²) in [6.07, 6.45) is 4.41. The van der Waals surface area contributed by atoms with Crippen LogP contribution in [0.1, 0.15) is 39.2 Å². The zero-order chi connectivity index (χ0) is 19.8. The maximum absolute atomic E-state index is 4.93. The molecule has 29 heavy (non-hydrogen) atoms. The van der Waals surface area contributed by atoms with Gasteiger partial charge in [-0.15, -0.1) is 11.3 Å². The zero-order valence-electron chi connectivity index (χ0n) is 17.0. The Hall–Kier alpha value is -2.66. The van der Waals surface area contributed by atoms with E-state index in [2.05, 4.69) is 65.2 Å². The average Bonchev–Trinajstić information content (AvgIpc) is 3.16. The van der Waals surface area contributed by atoms with Gasteiger partial charge in [0.15, 0.2) is 5.96 Å². The smallest absolute Gasteiger partial charge is 0.195 e. The van der Waals surface area contributed by atoms with E-state index in [4.69, 9.17) is 4.98 Å². The summed E-state index contributed by atoms with van der Waals surface area (Å²) in [4.78, 5) is 9.45. The van der Waals surface area contributed by atoms with E-state index in [0.717, 1.165) is 43.3 Å². The van der Waals surface area contributed by atoms with Crippen LogP contribution in [0.25, 0.3) is 11.3 Å². The van der Waals surface area contributed by atoms with E-state index < -0.39 is 0 Å². The summed E-state index contributed by atoms with van der Waals surface area (Å²) in [7, 11) is 0. The minimum Gasteiger partial charge on any atom is -0.356 e. The van der Waals surface area contributed by atoms with E-state index in [1.807, 2.05) is 0 Å². The summed E-state index contributed by atoms with van der Waals surface area (Å²) in [6, 6.07) is 11.3. The average molecular weight is 403 g/mol. The van der Waals surface area contributed by atoms with E-state index in [-0.39, 0.29) is 0 Å². The minimum atomic E-state index is 0.877. The number of anilines is 1. The van der Waals surface area contributed by atoms with E-state index in [0.29, 0.717) is 0 Å². The van der Waals surface area contributed by atoms with Crippen molar-refractivity contribution in [2.45, 2.75) is 39.5 Å². The Morgan fingerprint density at radius 3 is 2.72 bits per heavy atom. The topological polar surface area (TPSA) is 49.3 Å². The van der Waals surface area contributed by atoms with Crippen molar-refractivity contribution in [1.29, 1.82) is 0 Å². The number of nitrogens with one attached hydrogen (secondary N) is 2. The van der Waals surface area contributed by atoms with Gasteiger partial charge in [0, 0.05) is 36.1 Å². The third kappa shape index (κ3) is 3.79. The Kier molecular flexibility index (Phi) is 4.84. The highest BCUT2D eigenvalue weighted by atomic mass is 32.1. The quantitative estimate of drug-likeness (QED) is 0.654. The fourth-order valence-electron chi connectivity index (χ4n) is 3.99. The largest absolute Gasteiger partial charge is 0.356 e. The first-order chi connectivity index (χ1) is 14.2. The van der Waals surface area contributed by atoms with Crippen LogP contribution in [0.15, 0.2) is 40.7 Å². The molecular weight excluding hydrogens is 376 g/mol. The lowest BCUT2D eigenvalue weighted by molar-refractivity contribution is 0.740. The van der Waals surface area contributed by atoms with Gasteiger partial charge in [-0.1, -0.05) is 18.2 Å². The Morgan fingerprint density at radius 2 is 1.97 bits per heavy atom. The van der Waals surface area contributed by atoms with Crippen LogP contribution >= 0.6 is 11.3 Å². The second-order valence-electron chi connectivity index (χ2n) is 8.02. The number of hydrogen-bond donors (Lipinski definition) is 2. The highest BCUT2D eigenvalue weighted by molar-refractivity contribution is 7.10. The molecule has 3 aromatic rings. The number of aromatic nitrogens is 1. The summed E-state index contributed by atoms with van der Waals surface area (Å²) in [5.41, 5.74) is 10.3. The number of nitrogens with zero attached hydrogens (tertiary/aromatic N) is 2. The second-order valence-corrected chi connectivity index (χ2v) is 8.96. The molecule has 5 heteroatoms. The minimum absolute atomic E-state index is 0.877. The Morgan fingerprint density at radius 1 is 1.07 bits per heavy atom. The molecule has 1 aliphatic carbocycles. The molecule has 2 aromatic carbocycles. The van der Waals surface area contributed by atoms with E-state index in [1.54, 1.807) is 11.3 Å². The monoisotopic (exact) mass is 402 g/mol. The van der Waals surface area contributed by atoms with Crippen molar-refractivity contribution in [1.82, 2.24) is 10.3 Å². The third-order valence-electron chi connectivity index (χ3n) is 5.89. The molecule has 1 aromatic heterocycles. The molecular formula is C24H26N4S. The highest BCUT2D eigenvalue weighted by Gasteiger charge is 2.15. The van der Waals surface area contributed by atoms with Gasteiger partial charge >= 0.3 is 0 Å². The van der Waals surface area contributed by atoms with Crippen LogP contribution < -0.4 is 10.6 Å². The number of aryl methyl sites for hydroxylation is 4. The second kappa shape index (κ2) is 7.64. The van der Waals surface area contributed by atoms with Crippen LogP contribution in [0.3, 0.4) is 0 Å². The van der Waals surface area contributed by atoms with E-state index in [9.17, 15) is 0 Å². The molecule has 0 radical (unpaired) electrons. The first-order valence-corrected chi connectivity index (χ1v) is 11.3. The summed E-state index contributed by atoms with van der Waals surface area (Å²) in [5, 5.41) is 10.1. The van der Waals surface area contributed by atoms with Crippen molar-refractivity contribution in [2.24, 2.45) is 4.99 Å². The Balaban J connectivity index is 1.34. The lowest BCUT2D eigenvalue weighted by Crippen LogP contribution is -2.35. The van der Waals surface area contributed by atoms with Gasteiger partial charge in [-0.2, -0.15) is 0 Å². The number of hydrogen-bond acceptors (Lipinski definition) is 5. The molecule has 0 spiro atoms. The van der Waals surface area contributed by atoms with Crippen LogP contribution in [0.5, 0.6) is 0 Å². The molecule has 2 aliphatic rings. The molecule has 0 saturated heterocycles. The summed E-state index contributed by atoms with van der Waals surface area (Å²) >= 11 is 1.76. The van der Waals surface area contributed by atoms with Gasteiger partial charge in [-0.05, 0) is 73.1 Å². The van der Waals surface area contributed by atoms with Gasteiger partial charge in [0.05, 0.1) is 10.7 Å². The maximum Gasteiger partial charge on any atom is 0.195 e. The Labute approximate surface area is 176 Å². The fourth-order valence-corrected chi connectivity index (χ4v) is 4.81. The predicted molar refractivity (Wildman–Crippen MR) is 122 cm³/mol. The van der Waals surface area contributed by atoms with Crippen LogP contribution in [-0.4, -0.2) is 24.0 Å². The maximum atomic E-state index is 4.93. The predicted octanol–water partition coefficient (Wildman–Crippen LogP) is 4.88. The van der Waals surface area contributed by atoms with Crippen LogP contribution in [0.4, 0.5) is 5.69 Å². The number of fused-ring (bicyclic) bond motifs is 1. The molecule has 0 amide bonds. The molecule has 1 aliphatic heterocycles. The third-order valence-corrected chi connectivity index (χ3v) is 6.74. The molecule has 5 rings (SSSR count). The molecule has 4 nitrogen and oxygen atoms in total. The van der Waals surface area contributed by atoms with Gasteiger partial charge in [0.25, 0.3) is 0 Å². The summed E-state index contributed by atoms with van der Waals surface area (Å²) in [6.45, 7) is 6.21. The molecule has 148 valence electrons. The van der Waals surface area contributed by atoms with Crippen LogP contribution in [0, 0.1) is 13.8 Å². The van der Waals surface area contributed by atoms with Crippen molar-refractivity contribution >= 4 is 23.0 Å². The Bertz CT molecular complexity index is 1100. The first-order valence-electron chi connectivity index (χ1n) is 10.4. The molecule has 0 atom stereocenters. The number of aliphatic imine (C=N–C) groups is 1. The summed E-state index contributed by atoms with van der Waals surface area (Å²) in [5.74, 6) is 0.884. The van der Waals surface area contributed by atoms with E-state index >= 15 is 0 Å². The lowest BCUT2D eigenvalue weighted by Gasteiger charge is -2.19. The molecule has 0 saturated carbocycles. The SMILES string of the molecule is Cc1cc(NC2=NCCCN2)c(C)cc1Cc1nc(-c2ccc3c(c2)CC3)cs1. The number of guanidine groups is 1. The van der Waals surface area contributed by atoms with Gasteiger partial charge in [0.2, 0.25) is 0 Å².